The highest BCUT2D eigenvalue weighted by Crippen LogP contribution is 2.10. The van der Waals surface area contributed by atoms with Gasteiger partial charge in [0.15, 0.2) is 0 Å². The topological polar surface area (TPSA) is 34.1 Å². The fourth-order valence-corrected chi connectivity index (χ4v) is 1.00. The van der Waals surface area contributed by atoms with Gasteiger partial charge in [0.2, 0.25) is 5.24 Å². The second-order valence-electron chi connectivity index (χ2n) is 2.30. The first-order valence-electron chi connectivity index (χ1n) is 3.40. The van der Waals surface area contributed by atoms with Crippen LogP contribution >= 0.6 is 23.2 Å². The van der Waals surface area contributed by atoms with E-state index in [2.05, 4.69) is 11.8 Å². The zero-order chi connectivity index (χ0) is 9.84. The molecule has 0 spiro atoms. The Hall–Kier alpha value is -1.04. The van der Waals surface area contributed by atoms with Crippen molar-refractivity contribution in [3.8, 4) is 11.8 Å². The Bertz CT molecular complexity index is 369. The van der Waals surface area contributed by atoms with Gasteiger partial charge in [0.25, 0.3) is 5.24 Å². The van der Waals surface area contributed by atoms with Crippen molar-refractivity contribution < 1.29 is 9.59 Å². The molecule has 0 saturated carbocycles. The molecular formula is C9H4Cl2O2. The summed E-state index contributed by atoms with van der Waals surface area (Å²) in [7, 11) is 0. The molecule has 0 fully saturated rings. The number of halogens is 2. The number of carbonyl (C=O) groups excluding carboxylic acids is 2. The van der Waals surface area contributed by atoms with Gasteiger partial charge in [-0.1, -0.05) is 24.0 Å². The van der Waals surface area contributed by atoms with E-state index < -0.39 is 16.4 Å². The third-order valence-corrected chi connectivity index (χ3v) is 1.86. The van der Waals surface area contributed by atoms with E-state index in [1.807, 2.05) is 0 Å². The molecule has 0 radical (unpaired) electrons. The summed E-state index contributed by atoms with van der Waals surface area (Å²) in [4.78, 5) is 21.4. The highest BCUT2D eigenvalue weighted by atomic mass is 35.5. The van der Waals surface area contributed by atoms with Crippen molar-refractivity contribution in [1.29, 1.82) is 0 Å². The first kappa shape index (κ1) is 10.0. The van der Waals surface area contributed by atoms with Crippen LogP contribution in [0.15, 0.2) is 23.8 Å². The molecule has 0 bridgehead atoms. The molecule has 0 amide bonds. The van der Waals surface area contributed by atoms with Crippen molar-refractivity contribution in [3.05, 3.63) is 23.8 Å². The molecule has 0 aliphatic heterocycles. The summed E-state index contributed by atoms with van der Waals surface area (Å²) >= 11 is 10.4. The Morgan fingerprint density at radius 3 is 2.62 bits per heavy atom. The minimum Gasteiger partial charge on any atom is -0.280 e. The Labute approximate surface area is 85.2 Å². The van der Waals surface area contributed by atoms with Gasteiger partial charge in [0.1, 0.15) is 5.92 Å². The van der Waals surface area contributed by atoms with Crippen LogP contribution in [0.1, 0.15) is 0 Å². The van der Waals surface area contributed by atoms with Crippen LogP contribution in [0, 0.1) is 17.8 Å². The van der Waals surface area contributed by atoms with Gasteiger partial charge in [-0.2, -0.15) is 0 Å². The molecule has 0 saturated heterocycles. The molecule has 0 aromatic carbocycles. The quantitative estimate of drug-likeness (QED) is 0.518. The molecule has 1 aliphatic rings. The summed E-state index contributed by atoms with van der Waals surface area (Å²) in [6.07, 6.45) is 4.22. The Morgan fingerprint density at radius 1 is 1.38 bits per heavy atom. The van der Waals surface area contributed by atoms with Crippen LogP contribution in [0.3, 0.4) is 0 Å². The molecule has 1 rings (SSSR count). The van der Waals surface area contributed by atoms with Crippen molar-refractivity contribution in [2.45, 2.75) is 0 Å². The fraction of sp³-hybridized carbons (Fsp3) is 0.111. The smallest absolute Gasteiger partial charge is 0.253 e. The third kappa shape index (κ3) is 2.73. The zero-order valence-corrected chi connectivity index (χ0v) is 7.89. The van der Waals surface area contributed by atoms with E-state index in [1.54, 1.807) is 0 Å². The number of carbonyl (C=O) groups is 2. The number of hydrogen-bond donors (Lipinski definition) is 0. The van der Waals surface area contributed by atoms with E-state index in [4.69, 9.17) is 23.2 Å². The second kappa shape index (κ2) is 4.27. The van der Waals surface area contributed by atoms with Crippen molar-refractivity contribution >= 4 is 33.7 Å². The highest BCUT2D eigenvalue weighted by Gasteiger charge is 2.11. The van der Waals surface area contributed by atoms with Gasteiger partial charge in [-0.15, -0.1) is 0 Å². The van der Waals surface area contributed by atoms with E-state index in [0.29, 0.717) is 0 Å². The summed E-state index contributed by atoms with van der Waals surface area (Å²) in [6.45, 7) is 0. The van der Waals surface area contributed by atoms with Crippen LogP contribution in [0.25, 0.3) is 0 Å². The lowest BCUT2D eigenvalue weighted by Crippen LogP contribution is -2.01. The lowest BCUT2D eigenvalue weighted by atomic mass is 10.1. The van der Waals surface area contributed by atoms with Crippen molar-refractivity contribution in [3.63, 3.8) is 0 Å². The molecule has 1 aliphatic carbocycles. The Balaban J connectivity index is 2.90. The molecule has 4 heteroatoms. The average Bonchev–Trinajstić information content (AvgIpc) is 2.27. The Kier molecular flexibility index (Phi) is 3.30. The largest absolute Gasteiger partial charge is 0.280 e. The number of rotatable bonds is 2. The lowest BCUT2D eigenvalue weighted by Gasteiger charge is -1.94. The highest BCUT2D eigenvalue weighted by molar-refractivity contribution is 6.68. The van der Waals surface area contributed by atoms with Crippen LogP contribution in [0.4, 0.5) is 0 Å². The molecule has 13 heavy (non-hydrogen) atoms. The summed E-state index contributed by atoms with van der Waals surface area (Å²) < 4.78 is 0. The predicted octanol–water partition coefficient (Wildman–Crippen LogP) is 1.63. The van der Waals surface area contributed by atoms with Crippen LogP contribution in [-0.2, 0) is 9.59 Å². The lowest BCUT2D eigenvalue weighted by molar-refractivity contribution is -0.112. The van der Waals surface area contributed by atoms with E-state index in [1.165, 1.54) is 18.2 Å². The van der Waals surface area contributed by atoms with Gasteiger partial charge in [0.05, 0.1) is 0 Å². The Morgan fingerprint density at radius 2 is 2.08 bits per heavy atom. The van der Waals surface area contributed by atoms with Crippen LogP contribution in [0.5, 0.6) is 0 Å². The van der Waals surface area contributed by atoms with Crippen LogP contribution < -0.4 is 0 Å². The second-order valence-corrected chi connectivity index (χ2v) is 3.02. The van der Waals surface area contributed by atoms with E-state index in [9.17, 15) is 9.59 Å². The van der Waals surface area contributed by atoms with Gasteiger partial charge in [-0.25, -0.2) is 0 Å². The van der Waals surface area contributed by atoms with E-state index in [0.717, 1.165) is 0 Å². The predicted molar refractivity (Wildman–Crippen MR) is 50.2 cm³/mol. The average molecular weight is 215 g/mol. The van der Waals surface area contributed by atoms with Gasteiger partial charge >= 0.3 is 0 Å². The standard InChI is InChI=1S/C9H4Cl2O2/c10-8(12)6-2-1-3-7(5-4-6)9(11)13/h2,4-5,7H. The molecule has 1 unspecified atom stereocenters. The first-order chi connectivity index (χ1) is 6.11. The zero-order valence-electron chi connectivity index (χ0n) is 6.38. The van der Waals surface area contributed by atoms with Gasteiger partial charge < -0.3 is 0 Å². The maximum Gasteiger partial charge on any atom is 0.253 e. The van der Waals surface area contributed by atoms with Crippen molar-refractivity contribution in [2.75, 3.05) is 0 Å². The maximum atomic E-state index is 10.7. The molecule has 0 aromatic heterocycles. The van der Waals surface area contributed by atoms with Gasteiger partial charge in [0, 0.05) is 11.6 Å². The van der Waals surface area contributed by atoms with Crippen molar-refractivity contribution in [2.24, 2.45) is 5.92 Å². The van der Waals surface area contributed by atoms with Gasteiger partial charge in [-0.05, 0) is 23.2 Å². The molecule has 0 heterocycles. The SMILES string of the molecule is O=C(Cl)C1=CC#CC(C(=O)Cl)C=C1. The number of hydrogen-bond acceptors (Lipinski definition) is 2. The normalized spacial score (nSPS) is 19.5. The molecule has 66 valence electrons. The fourth-order valence-electron chi connectivity index (χ4n) is 0.760. The van der Waals surface area contributed by atoms with Crippen molar-refractivity contribution in [1.82, 2.24) is 0 Å². The van der Waals surface area contributed by atoms with E-state index in [-0.39, 0.29) is 5.57 Å². The monoisotopic (exact) mass is 214 g/mol. The first-order valence-corrected chi connectivity index (χ1v) is 4.15. The molecular weight excluding hydrogens is 211 g/mol. The van der Waals surface area contributed by atoms with Crippen LogP contribution in [-0.4, -0.2) is 10.5 Å². The summed E-state index contributed by atoms with van der Waals surface area (Å²) in [6, 6.07) is 0. The summed E-state index contributed by atoms with van der Waals surface area (Å²) in [5.74, 6) is 4.42. The third-order valence-electron chi connectivity index (χ3n) is 1.41. The maximum absolute atomic E-state index is 10.7. The minimum atomic E-state index is -0.661. The molecule has 0 aromatic rings. The van der Waals surface area contributed by atoms with Crippen LogP contribution in [0.2, 0.25) is 0 Å². The minimum absolute atomic E-state index is 0.259. The molecule has 2 nitrogen and oxygen atoms in total. The number of allylic oxidation sites excluding steroid dienone is 4. The summed E-state index contributed by atoms with van der Waals surface area (Å²) in [5.41, 5.74) is 0.259. The molecule has 0 N–H and O–H groups in total. The van der Waals surface area contributed by atoms with Gasteiger partial charge in [-0.3, -0.25) is 9.59 Å². The summed E-state index contributed by atoms with van der Waals surface area (Å²) in [5, 5.41) is -1.17. The van der Waals surface area contributed by atoms with E-state index >= 15 is 0 Å². The molecule has 1 atom stereocenters.